The van der Waals surface area contributed by atoms with Crippen molar-refractivity contribution in [2.45, 2.75) is 12.2 Å². The molecule has 32 heavy (non-hydrogen) atoms. The zero-order valence-electron chi connectivity index (χ0n) is 17.4. The van der Waals surface area contributed by atoms with Gasteiger partial charge in [0.15, 0.2) is 0 Å². The highest BCUT2D eigenvalue weighted by Gasteiger charge is 2.39. The van der Waals surface area contributed by atoms with Gasteiger partial charge in [-0.15, -0.1) is 11.8 Å². The van der Waals surface area contributed by atoms with E-state index in [0.717, 1.165) is 19.6 Å². The van der Waals surface area contributed by atoms with Gasteiger partial charge in [-0.3, -0.25) is 29.5 Å². The third kappa shape index (κ3) is 4.93. The van der Waals surface area contributed by atoms with Gasteiger partial charge in [-0.1, -0.05) is 0 Å². The number of hydrogen-bond acceptors (Lipinski definition) is 8. The SMILES string of the molecule is O=C1C(SCc2ccco2)=C(c2ccc([N+](=O)[O-])cc2)C(=O)N1CCCN1CCOCC1. The van der Waals surface area contributed by atoms with Crippen molar-refractivity contribution in [1.29, 1.82) is 0 Å². The molecule has 0 saturated carbocycles. The number of nitro benzene ring substituents is 1. The summed E-state index contributed by atoms with van der Waals surface area (Å²) in [4.78, 5) is 40.8. The summed E-state index contributed by atoms with van der Waals surface area (Å²) in [6, 6.07) is 9.29. The van der Waals surface area contributed by atoms with Crippen LogP contribution in [-0.4, -0.2) is 65.9 Å². The Bertz CT molecular complexity index is 1010. The van der Waals surface area contributed by atoms with Crippen molar-refractivity contribution in [3.8, 4) is 0 Å². The average Bonchev–Trinajstić information content (AvgIpc) is 3.40. The van der Waals surface area contributed by atoms with E-state index in [0.29, 0.717) is 48.2 Å². The summed E-state index contributed by atoms with van der Waals surface area (Å²) < 4.78 is 10.7. The van der Waals surface area contributed by atoms with E-state index in [1.807, 2.05) is 0 Å². The first-order chi connectivity index (χ1) is 15.5. The van der Waals surface area contributed by atoms with Crippen LogP contribution < -0.4 is 0 Å². The molecule has 0 radical (unpaired) electrons. The summed E-state index contributed by atoms with van der Waals surface area (Å²) in [6.07, 6.45) is 2.22. The fraction of sp³-hybridized carbons (Fsp3) is 0.364. The van der Waals surface area contributed by atoms with Crippen LogP contribution in [0, 0.1) is 10.1 Å². The molecule has 0 spiro atoms. The lowest BCUT2D eigenvalue weighted by atomic mass is 10.1. The third-order valence-corrected chi connectivity index (χ3v) is 6.49. The molecular formula is C22H23N3O6S. The van der Waals surface area contributed by atoms with E-state index in [2.05, 4.69) is 4.90 Å². The number of non-ortho nitro benzene ring substituents is 1. The number of carbonyl (C=O) groups excluding carboxylic acids is 2. The van der Waals surface area contributed by atoms with E-state index in [9.17, 15) is 19.7 Å². The van der Waals surface area contributed by atoms with Crippen LogP contribution >= 0.6 is 11.8 Å². The van der Waals surface area contributed by atoms with E-state index in [4.69, 9.17) is 9.15 Å². The van der Waals surface area contributed by atoms with Crippen molar-refractivity contribution in [3.63, 3.8) is 0 Å². The zero-order valence-corrected chi connectivity index (χ0v) is 18.2. The Balaban J connectivity index is 1.52. The van der Waals surface area contributed by atoms with Gasteiger partial charge >= 0.3 is 0 Å². The number of imide groups is 1. The highest BCUT2D eigenvalue weighted by Crippen LogP contribution is 2.38. The van der Waals surface area contributed by atoms with Crippen molar-refractivity contribution in [2.24, 2.45) is 0 Å². The van der Waals surface area contributed by atoms with E-state index in [1.165, 1.54) is 40.9 Å². The Morgan fingerprint density at radius 2 is 1.78 bits per heavy atom. The monoisotopic (exact) mass is 457 g/mol. The molecular weight excluding hydrogens is 434 g/mol. The standard InChI is InChI=1S/C22H23N3O6S/c26-21-19(16-4-6-17(7-5-16)25(28)29)20(32-15-18-3-1-12-31-18)22(27)24(21)9-2-8-23-10-13-30-14-11-23/h1,3-7,12H,2,8-11,13-15H2. The van der Waals surface area contributed by atoms with Crippen molar-refractivity contribution in [1.82, 2.24) is 9.80 Å². The predicted octanol–water partition coefficient (Wildman–Crippen LogP) is 2.92. The van der Waals surface area contributed by atoms with Crippen LogP contribution in [0.15, 0.2) is 52.0 Å². The van der Waals surface area contributed by atoms with Gasteiger partial charge in [0.1, 0.15) is 5.76 Å². The minimum atomic E-state index is -0.496. The number of nitro groups is 1. The first-order valence-corrected chi connectivity index (χ1v) is 11.3. The van der Waals surface area contributed by atoms with Crippen molar-refractivity contribution in [3.05, 3.63) is 69.0 Å². The second-order valence-corrected chi connectivity index (χ2v) is 8.43. The van der Waals surface area contributed by atoms with Crippen LogP contribution in [0.2, 0.25) is 0 Å². The predicted molar refractivity (Wildman–Crippen MR) is 119 cm³/mol. The first-order valence-electron chi connectivity index (χ1n) is 10.3. The number of benzene rings is 1. The van der Waals surface area contributed by atoms with Crippen molar-refractivity contribution in [2.75, 3.05) is 39.4 Å². The normalized spacial score (nSPS) is 17.4. The lowest BCUT2D eigenvalue weighted by Gasteiger charge is -2.27. The summed E-state index contributed by atoms with van der Waals surface area (Å²) in [5.41, 5.74) is 0.706. The Morgan fingerprint density at radius 1 is 1.03 bits per heavy atom. The largest absolute Gasteiger partial charge is 0.468 e. The van der Waals surface area contributed by atoms with E-state index in [1.54, 1.807) is 18.4 Å². The molecule has 0 atom stereocenters. The third-order valence-electron chi connectivity index (χ3n) is 5.39. The number of thioether (sulfide) groups is 1. The molecule has 3 heterocycles. The minimum absolute atomic E-state index is 0.0710. The molecule has 2 aliphatic heterocycles. The summed E-state index contributed by atoms with van der Waals surface area (Å²) >= 11 is 1.25. The van der Waals surface area contributed by atoms with Gasteiger partial charge in [0.05, 0.1) is 40.6 Å². The van der Waals surface area contributed by atoms with Crippen LogP contribution in [0.4, 0.5) is 5.69 Å². The van der Waals surface area contributed by atoms with Crippen LogP contribution in [0.1, 0.15) is 17.7 Å². The number of carbonyl (C=O) groups is 2. The molecule has 0 aliphatic carbocycles. The summed E-state index contributed by atoms with van der Waals surface area (Å²) in [5.74, 6) is 0.394. The number of nitrogens with zero attached hydrogens (tertiary/aromatic N) is 3. The minimum Gasteiger partial charge on any atom is -0.468 e. The van der Waals surface area contributed by atoms with Crippen LogP contribution in [-0.2, 0) is 20.1 Å². The Morgan fingerprint density at radius 3 is 2.44 bits per heavy atom. The van der Waals surface area contributed by atoms with Gasteiger partial charge in [-0.25, -0.2) is 0 Å². The first kappa shape index (κ1) is 22.3. The number of furan rings is 1. The molecule has 168 valence electrons. The van der Waals surface area contributed by atoms with Crippen molar-refractivity contribution < 1.29 is 23.7 Å². The zero-order chi connectivity index (χ0) is 22.5. The molecule has 1 fully saturated rings. The molecule has 1 saturated heterocycles. The quantitative estimate of drug-likeness (QED) is 0.321. The number of hydrogen-bond donors (Lipinski definition) is 0. The molecule has 10 heteroatoms. The molecule has 1 aromatic carbocycles. The van der Waals surface area contributed by atoms with E-state index in [-0.39, 0.29) is 23.1 Å². The lowest BCUT2D eigenvalue weighted by Crippen LogP contribution is -2.39. The molecule has 1 aromatic heterocycles. The second kappa shape index (κ2) is 10.1. The molecule has 2 aromatic rings. The summed E-state index contributed by atoms with van der Waals surface area (Å²) in [7, 11) is 0. The van der Waals surface area contributed by atoms with E-state index < -0.39 is 4.92 Å². The molecule has 4 rings (SSSR count). The molecule has 2 amide bonds. The fourth-order valence-corrected chi connectivity index (χ4v) is 4.74. The number of amides is 2. The van der Waals surface area contributed by atoms with Crippen LogP contribution in [0.5, 0.6) is 0 Å². The highest BCUT2D eigenvalue weighted by atomic mass is 32.2. The topological polar surface area (TPSA) is 106 Å². The molecule has 0 bridgehead atoms. The van der Waals surface area contributed by atoms with Crippen LogP contribution in [0.3, 0.4) is 0 Å². The molecule has 0 N–H and O–H groups in total. The van der Waals surface area contributed by atoms with Gasteiger partial charge in [-0.05, 0) is 36.2 Å². The Kier molecular flexibility index (Phi) is 7.03. The Hall–Kier alpha value is -2.95. The Labute approximate surface area is 189 Å². The lowest BCUT2D eigenvalue weighted by molar-refractivity contribution is -0.384. The number of morpholine rings is 1. The fourth-order valence-electron chi connectivity index (χ4n) is 3.71. The molecule has 0 unspecified atom stereocenters. The maximum atomic E-state index is 13.2. The van der Waals surface area contributed by atoms with Gasteiger partial charge < -0.3 is 9.15 Å². The van der Waals surface area contributed by atoms with Gasteiger partial charge in [0.2, 0.25) is 0 Å². The van der Waals surface area contributed by atoms with Crippen LogP contribution in [0.25, 0.3) is 5.57 Å². The summed E-state index contributed by atoms with van der Waals surface area (Å²) in [6.45, 7) is 4.18. The highest BCUT2D eigenvalue weighted by molar-refractivity contribution is 8.03. The van der Waals surface area contributed by atoms with Crippen molar-refractivity contribution >= 4 is 34.8 Å². The number of ether oxygens (including phenoxy) is 1. The van der Waals surface area contributed by atoms with Gasteiger partial charge in [0.25, 0.3) is 17.5 Å². The van der Waals surface area contributed by atoms with Gasteiger partial charge in [-0.2, -0.15) is 0 Å². The maximum absolute atomic E-state index is 13.2. The smallest absolute Gasteiger partial charge is 0.269 e. The number of rotatable bonds is 9. The maximum Gasteiger partial charge on any atom is 0.269 e. The second-order valence-electron chi connectivity index (χ2n) is 7.45. The molecule has 9 nitrogen and oxygen atoms in total. The van der Waals surface area contributed by atoms with E-state index >= 15 is 0 Å². The molecule has 2 aliphatic rings. The van der Waals surface area contributed by atoms with Gasteiger partial charge in [0, 0.05) is 38.3 Å². The average molecular weight is 458 g/mol. The summed E-state index contributed by atoms with van der Waals surface area (Å²) in [5, 5.41) is 11.0.